The number of halogens is 1. The molecule has 0 heterocycles. The van der Waals surface area contributed by atoms with Crippen LogP contribution >= 0.6 is 15.9 Å². The molecule has 1 amide bonds. The highest BCUT2D eigenvalue weighted by Crippen LogP contribution is 2.23. The molecular weight excluding hydrogens is 506 g/mol. The van der Waals surface area contributed by atoms with Gasteiger partial charge in [0, 0.05) is 22.2 Å². The molecule has 3 aromatic carbocycles. The molecule has 0 unspecified atom stereocenters. The fourth-order valence-corrected chi connectivity index (χ4v) is 3.21. The zero-order chi connectivity index (χ0) is 24.7. The average Bonchev–Trinajstić information content (AvgIpc) is 2.81. The van der Waals surface area contributed by atoms with Crippen molar-refractivity contribution in [2.24, 2.45) is 5.10 Å². The Morgan fingerprint density at radius 3 is 2.50 bits per heavy atom. The second-order valence-corrected chi connectivity index (χ2v) is 8.05. The summed E-state index contributed by atoms with van der Waals surface area (Å²) in [5.74, 6) is -0.480. The lowest BCUT2D eigenvalue weighted by atomic mass is 10.1. The van der Waals surface area contributed by atoms with Crippen molar-refractivity contribution in [3.8, 4) is 11.5 Å². The molecule has 0 saturated carbocycles. The first-order valence-corrected chi connectivity index (χ1v) is 10.9. The van der Waals surface area contributed by atoms with Crippen LogP contribution in [0.1, 0.15) is 28.4 Å². The van der Waals surface area contributed by atoms with Crippen molar-refractivity contribution < 1.29 is 24.0 Å². The number of hydrogen-bond donors (Lipinski definition) is 1. The predicted octanol–water partition coefficient (Wildman–Crippen LogP) is 4.80. The third kappa shape index (κ3) is 6.48. The van der Waals surface area contributed by atoms with Crippen LogP contribution in [0.5, 0.6) is 11.5 Å². The Bertz CT molecular complexity index is 1240. The van der Waals surface area contributed by atoms with Gasteiger partial charge in [-0.05, 0) is 55.8 Å². The summed E-state index contributed by atoms with van der Waals surface area (Å²) in [5, 5.41) is 14.7. The third-order valence-electron chi connectivity index (χ3n) is 4.65. The van der Waals surface area contributed by atoms with Crippen molar-refractivity contribution in [1.82, 2.24) is 5.43 Å². The topological polar surface area (TPSA) is 120 Å². The predicted molar refractivity (Wildman–Crippen MR) is 129 cm³/mol. The van der Waals surface area contributed by atoms with Gasteiger partial charge in [-0.1, -0.05) is 34.1 Å². The van der Waals surface area contributed by atoms with Crippen LogP contribution in [-0.2, 0) is 4.79 Å². The van der Waals surface area contributed by atoms with E-state index in [1.54, 1.807) is 30.3 Å². The first-order valence-electron chi connectivity index (χ1n) is 10.1. The molecule has 0 aromatic heterocycles. The lowest BCUT2D eigenvalue weighted by Gasteiger charge is -2.13. The Morgan fingerprint density at radius 1 is 1.12 bits per heavy atom. The monoisotopic (exact) mass is 525 g/mol. The van der Waals surface area contributed by atoms with Crippen LogP contribution in [0.15, 0.2) is 76.3 Å². The highest BCUT2D eigenvalue weighted by atomic mass is 79.9. The van der Waals surface area contributed by atoms with E-state index in [9.17, 15) is 19.7 Å². The molecule has 3 rings (SSSR count). The number of hydrazone groups is 1. The second-order valence-electron chi connectivity index (χ2n) is 7.13. The molecule has 3 aromatic rings. The van der Waals surface area contributed by atoms with Crippen LogP contribution in [0, 0.1) is 17.0 Å². The van der Waals surface area contributed by atoms with Gasteiger partial charge in [0.15, 0.2) is 6.10 Å². The molecule has 1 N–H and O–H groups in total. The minimum atomic E-state index is -0.917. The molecule has 0 aliphatic rings. The highest BCUT2D eigenvalue weighted by molar-refractivity contribution is 9.10. The average molecular weight is 526 g/mol. The van der Waals surface area contributed by atoms with E-state index in [2.05, 4.69) is 26.5 Å². The summed E-state index contributed by atoms with van der Waals surface area (Å²) in [5.41, 5.74) is 3.97. The molecule has 9 nitrogen and oxygen atoms in total. The molecule has 10 heteroatoms. The smallest absolute Gasteiger partial charge is 0.343 e. The Morgan fingerprint density at radius 2 is 1.82 bits per heavy atom. The quantitative estimate of drug-likeness (QED) is 0.148. The number of non-ortho nitro benzene ring substituents is 1. The molecule has 0 bridgehead atoms. The van der Waals surface area contributed by atoms with E-state index in [1.807, 2.05) is 19.1 Å². The number of nitrogens with zero attached hydrogens (tertiary/aromatic N) is 2. The van der Waals surface area contributed by atoms with Crippen molar-refractivity contribution in [2.75, 3.05) is 0 Å². The SMILES string of the molecule is Cc1ccccc1C(=O)Oc1ccc(Br)cc1/C=N\NC(=O)[C@H](C)Oc1ccc([N+](=O)[O-])cc1. The molecule has 0 radical (unpaired) electrons. The summed E-state index contributed by atoms with van der Waals surface area (Å²) in [6.07, 6.45) is 0.432. The van der Waals surface area contributed by atoms with Gasteiger partial charge < -0.3 is 9.47 Å². The van der Waals surface area contributed by atoms with Crippen molar-refractivity contribution in [2.45, 2.75) is 20.0 Å². The molecule has 1 atom stereocenters. The molecule has 0 aliphatic carbocycles. The number of nitrogens with one attached hydrogen (secondary N) is 1. The van der Waals surface area contributed by atoms with E-state index >= 15 is 0 Å². The first-order chi connectivity index (χ1) is 16.2. The van der Waals surface area contributed by atoms with Gasteiger partial charge >= 0.3 is 5.97 Å². The van der Waals surface area contributed by atoms with Crippen molar-refractivity contribution in [3.63, 3.8) is 0 Å². The van der Waals surface area contributed by atoms with Gasteiger partial charge in [-0.25, -0.2) is 10.2 Å². The van der Waals surface area contributed by atoms with Gasteiger partial charge in [0.2, 0.25) is 0 Å². The first kappa shape index (κ1) is 24.6. The van der Waals surface area contributed by atoms with E-state index in [0.717, 1.165) is 10.0 Å². The van der Waals surface area contributed by atoms with E-state index in [-0.39, 0.29) is 11.4 Å². The largest absolute Gasteiger partial charge is 0.481 e. The normalized spacial score (nSPS) is 11.6. The van der Waals surface area contributed by atoms with Crippen molar-refractivity contribution in [3.05, 3.63) is 98.0 Å². The van der Waals surface area contributed by atoms with Gasteiger partial charge in [-0.15, -0.1) is 0 Å². The Labute approximate surface area is 203 Å². The number of amides is 1. The van der Waals surface area contributed by atoms with Crippen LogP contribution in [0.2, 0.25) is 0 Å². The van der Waals surface area contributed by atoms with Gasteiger partial charge in [-0.2, -0.15) is 5.10 Å². The number of esters is 1. The zero-order valence-corrected chi connectivity index (χ0v) is 19.8. The van der Waals surface area contributed by atoms with E-state index in [4.69, 9.17) is 9.47 Å². The Balaban J connectivity index is 1.65. The number of ether oxygens (including phenoxy) is 2. The molecule has 0 saturated heterocycles. The number of carbonyl (C=O) groups excluding carboxylic acids is 2. The maximum absolute atomic E-state index is 12.6. The lowest BCUT2D eigenvalue weighted by molar-refractivity contribution is -0.384. The number of carbonyl (C=O) groups is 2. The molecule has 0 spiro atoms. The lowest BCUT2D eigenvalue weighted by Crippen LogP contribution is -2.33. The van der Waals surface area contributed by atoms with Crippen LogP contribution < -0.4 is 14.9 Å². The van der Waals surface area contributed by atoms with Crippen molar-refractivity contribution >= 4 is 39.7 Å². The Kier molecular flexibility index (Phi) is 8.10. The maximum atomic E-state index is 12.6. The van der Waals surface area contributed by atoms with Crippen LogP contribution in [0.25, 0.3) is 0 Å². The van der Waals surface area contributed by atoms with E-state index in [0.29, 0.717) is 16.9 Å². The molecule has 0 aliphatic heterocycles. The molecular formula is C24H20BrN3O6. The number of nitro groups is 1. The van der Waals surface area contributed by atoms with Gasteiger partial charge in [0.05, 0.1) is 16.7 Å². The minimum absolute atomic E-state index is 0.0815. The van der Waals surface area contributed by atoms with Gasteiger partial charge in [-0.3, -0.25) is 14.9 Å². The number of hydrogen-bond acceptors (Lipinski definition) is 7. The number of nitro benzene ring substituents is 1. The van der Waals surface area contributed by atoms with Crippen LogP contribution in [0.4, 0.5) is 5.69 Å². The van der Waals surface area contributed by atoms with E-state index in [1.165, 1.54) is 37.4 Å². The third-order valence-corrected chi connectivity index (χ3v) is 5.14. The summed E-state index contributed by atoms with van der Waals surface area (Å²) in [6.45, 7) is 3.33. The standard InChI is InChI=1S/C24H20BrN3O6/c1-15-5-3-4-6-21(15)24(30)34-22-12-7-18(25)13-17(22)14-26-27-23(29)16(2)33-20-10-8-19(9-11-20)28(31)32/h3-14,16H,1-2H3,(H,27,29)/b26-14-/t16-/m0/s1. The fraction of sp³-hybridized carbons (Fsp3) is 0.125. The summed E-state index contributed by atoms with van der Waals surface area (Å²) >= 11 is 3.36. The summed E-state index contributed by atoms with van der Waals surface area (Å²) in [4.78, 5) is 35.1. The fourth-order valence-electron chi connectivity index (χ4n) is 2.83. The highest BCUT2D eigenvalue weighted by Gasteiger charge is 2.16. The summed E-state index contributed by atoms with van der Waals surface area (Å²) in [7, 11) is 0. The minimum Gasteiger partial charge on any atom is -0.481 e. The molecule has 174 valence electrons. The number of benzene rings is 3. The van der Waals surface area contributed by atoms with Crippen molar-refractivity contribution in [1.29, 1.82) is 0 Å². The van der Waals surface area contributed by atoms with Crippen LogP contribution in [-0.4, -0.2) is 29.1 Å². The second kappa shape index (κ2) is 11.2. The van der Waals surface area contributed by atoms with Gasteiger partial charge in [0.25, 0.3) is 11.6 Å². The van der Waals surface area contributed by atoms with E-state index < -0.39 is 22.9 Å². The van der Waals surface area contributed by atoms with Crippen LogP contribution in [0.3, 0.4) is 0 Å². The Hall–Kier alpha value is -4.05. The summed E-state index contributed by atoms with van der Waals surface area (Å²) < 4.78 is 11.8. The number of rotatable bonds is 8. The summed E-state index contributed by atoms with van der Waals surface area (Å²) in [6, 6.07) is 17.5. The molecule has 34 heavy (non-hydrogen) atoms. The molecule has 0 fully saturated rings. The van der Waals surface area contributed by atoms with Gasteiger partial charge in [0.1, 0.15) is 11.5 Å². The zero-order valence-electron chi connectivity index (χ0n) is 18.2. The number of aryl methyl sites for hydroxylation is 1. The maximum Gasteiger partial charge on any atom is 0.343 e.